The molecule has 7 nitrogen and oxygen atoms in total. The average molecular weight is 258 g/mol. The van der Waals surface area contributed by atoms with E-state index in [4.69, 9.17) is 15.7 Å². The third kappa shape index (κ3) is 3.49. The van der Waals surface area contributed by atoms with Crippen LogP contribution in [0.3, 0.4) is 0 Å². The van der Waals surface area contributed by atoms with Crippen LogP contribution in [-0.4, -0.2) is 65.8 Å². The molecule has 1 fully saturated rings. The van der Waals surface area contributed by atoms with E-state index >= 15 is 0 Å². The minimum atomic E-state index is -0.269. The third-order valence-corrected chi connectivity index (χ3v) is 3.12. The van der Waals surface area contributed by atoms with Crippen LogP contribution in [0.1, 0.15) is 20.3 Å². The lowest BCUT2D eigenvalue weighted by Gasteiger charge is -2.37. The fourth-order valence-electron chi connectivity index (χ4n) is 2.15. The highest BCUT2D eigenvalue weighted by Crippen LogP contribution is 2.10. The van der Waals surface area contributed by atoms with E-state index in [0.29, 0.717) is 32.8 Å². The van der Waals surface area contributed by atoms with Crippen LogP contribution < -0.4 is 5.73 Å². The van der Waals surface area contributed by atoms with Crippen LogP contribution in [0, 0.1) is 0 Å². The lowest BCUT2D eigenvalue weighted by molar-refractivity contribution is 0.0737. The van der Waals surface area contributed by atoms with E-state index in [-0.39, 0.29) is 18.0 Å². The molecule has 1 atom stereocenters. The van der Waals surface area contributed by atoms with Crippen molar-refractivity contribution in [1.29, 1.82) is 0 Å². The molecule has 1 aliphatic heterocycles. The van der Waals surface area contributed by atoms with E-state index in [1.54, 1.807) is 11.8 Å². The number of ether oxygens (including phenoxy) is 1. The van der Waals surface area contributed by atoms with Gasteiger partial charge in [-0.25, -0.2) is 4.79 Å². The second-order valence-corrected chi connectivity index (χ2v) is 4.17. The summed E-state index contributed by atoms with van der Waals surface area (Å²) >= 11 is 0. The van der Waals surface area contributed by atoms with Crippen LogP contribution >= 0.6 is 0 Å². The van der Waals surface area contributed by atoms with Crippen molar-refractivity contribution in [3.05, 3.63) is 0 Å². The quantitative estimate of drug-likeness (QED) is 0.327. The second-order valence-electron chi connectivity index (χ2n) is 4.17. The van der Waals surface area contributed by atoms with Gasteiger partial charge in [0.15, 0.2) is 5.84 Å². The third-order valence-electron chi connectivity index (χ3n) is 3.12. The molecule has 1 amide bonds. The molecule has 1 rings (SSSR count). The molecule has 0 saturated carbocycles. The number of amidine groups is 1. The number of piperazine rings is 1. The Bertz CT molecular complexity index is 301. The van der Waals surface area contributed by atoms with Gasteiger partial charge in [-0.3, -0.25) is 4.90 Å². The monoisotopic (exact) mass is 258 g/mol. The summed E-state index contributed by atoms with van der Waals surface area (Å²) in [4.78, 5) is 15.3. The van der Waals surface area contributed by atoms with E-state index in [0.717, 1.165) is 6.42 Å². The number of nitrogens with two attached hydrogens (primary N) is 1. The van der Waals surface area contributed by atoms with Crippen LogP contribution in [0.15, 0.2) is 5.16 Å². The minimum absolute atomic E-state index is 0.0701. The van der Waals surface area contributed by atoms with Gasteiger partial charge < -0.3 is 20.6 Å². The Morgan fingerprint density at radius 3 is 2.44 bits per heavy atom. The van der Waals surface area contributed by atoms with Crippen LogP contribution in [0.5, 0.6) is 0 Å². The lowest BCUT2D eigenvalue weighted by Crippen LogP contribution is -2.55. The number of oxime groups is 1. The van der Waals surface area contributed by atoms with E-state index in [2.05, 4.69) is 10.1 Å². The van der Waals surface area contributed by atoms with Crippen molar-refractivity contribution in [2.24, 2.45) is 10.9 Å². The van der Waals surface area contributed by atoms with E-state index in [1.807, 2.05) is 6.92 Å². The summed E-state index contributed by atoms with van der Waals surface area (Å²) in [6.07, 6.45) is 0.504. The largest absolute Gasteiger partial charge is 0.450 e. The molecule has 18 heavy (non-hydrogen) atoms. The predicted octanol–water partition coefficient (Wildman–Crippen LogP) is 0.286. The molecular weight excluding hydrogens is 236 g/mol. The Morgan fingerprint density at radius 1 is 1.39 bits per heavy atom. The SMILES string of the molecule is CCOC(=O)N1CCN(C(CC)C(N)=NO)CC1. The average Bonchev–Trinajstić information content (AvgIpc) is 2.40. The van der Waals surface area contributed by atoms with Gasteiger partial charge in [-0.05, 0) is 13.3 Å². The van der Waals surface area contributed by atoms with Crippen molar-refractivity contribution in [2.75, 3.05) is 32.8 Å². The van der Waals surface area contributed by atoms with Gasteiger partial charge in [0.05, 0.1) is 12.6 Å². The molecule has 7 heteroatoms. The smallest absolute Gasteiger partial charge is 0.409 e. The molecule has 0 aromatic carbocycles. The molecule has 1 saturated heterocycles. The molecule has 0 aromatic rings. The number of hydrogen-bond donors (Lipinski definition) is 2. The van der Waals surface area contributed by atoms with E-state index in [9.17, 15) is 4.79 Å². The molecule has 1 unspecified atom stereocenters. The van der Waals surface area contributed by atoms with Crippen LogP contribution in [0.25, 0.3) is 0 Å². The van der Waals surface area contributed by atoms with Gasteiger partial charge in [0.1, 0.15) is 0 Å². The number of carbonyl (C=O) groups excluding carboxylic acids is 1. The number of rotatable bonds is 4. The molecule has 3 N–H and O–H groups in total. The highest BCUT2D eigenvalue weighted by atomic mass is 16.6. The topological polar surface area (TPSA) is 91.4 Å². The number of nitrogens with zero attached hydrogens (tertiary/aromatic N) is 3. The van der Waals surface area contributed by atoms with Gasteiger partial charge in [-0.2, -0.15) is 0 Å². The summed E-state index contributed by atoms with van der Waals surface area (Å²) in [5.41, 5.74) is 5.65. The molecule has 1 heterocycles. The number of hydrogen-bond acceptors (Lipinski definition) is 5. The first-order valence-corrected chi connectivity index (χ1v) is 6.27. The van der Waals surface area contributed by atoms with Gasteiger partial charge in [-0.15, -0.1) is 0 Å². The fourth-order valence-corrected chi connectivity index (χ4v) is 2.15. The number of carbonyl (C=O) groups is 1. The molecule has 0 aliphatic carbocycles. The normalized spacial score (nSPS) is 19.7. The van der Waals surface area contributed by atoms with Gasteiger partial charge in [0.2, 0.25) is 0 Å². The first kappa shape index (κ1) is 14.6. The zero-order valence-electron chi connectivity index (χ0n) is 11.0. The summed E-state index contributed by atoms with van der Waals surface area (Å²) in [5, 5.41) is 11.8. The maximum atomic E-state index is 11.5. The number of amides is 1. The molecular formula is C11H22N4O3. The van der Waals surface area contributed by atoms with Gasteiger partial charge in [0.25, 0.3) is 0 Å². The summed E-state index contributed by atoms with van der Waals surface area (Å²) < 4.78 is 4.95. The zero-order chi connectivity index (χ0) is 13.5. The van der Waals surface area contributed by atoms with Crippen molar-refractivity contribution in [2.45, 2.75) is 26.3 Å². The molecule has 0 aromatic heterocycles. The molecule has 0 spiro atoms. The van der Waals surface area contributed by atoms with Crippen molar-refractivity contribution in [1.82, 2.24) is 9.80 Å². The van der Waals surface area contributed by atoms with Gasteiger partial charge in [-0.1, -0.05) is 12.1 Å². The van der Waals surface area contributed by atoms with Crippen molar-refractivity contribution < 1.29 is 14.7 Å². The fraction of sp³-hybridized carbons (Fsp3) is 0.818. The molecule has 0 bridgehead atoms. The summed E-state index contributed by atoms with van der Waals surface area (Å²) in [6, 6.07) is -0.0701. The Hall–Kier alpha value is -1.50. The van der Waals surface area contributed by atoms with Crippen LogP contribution in [0.4, 0.5) is 4.79 Å². The second kappa shape index (κ2) is 7.05. The summed E-state index contributed by atoms with van der Waals surface area (Å²) in [6.45, 7) is 6.78. The molecule has 0 radical (unpaired) electrons. The van der Waals surface area contributed by atoms with E-state index < -0.39 is 0 Å². The van der Waals surface area contributed by atoms with Crippen molar-refractivity contribution in [3.63, 3.8) is 0 Å². The maximum absolute atomic E-state index is 11.5. The maximum Gasteiger partial charge on any atom is 0.409 e. The standard InChI is InChI=1S/C11H22N4O3/c1-3-9(10(12)13-17)14-5-7-15(8-6-14)11(16)18-4-2/h9,17H,3-8H2,1-2H3,(H2,12,13). The Kier molecular flexibility index (Phi) is 5.70. The van der Waals surface area contributed by atoms with Crippen molar-refractivity contribution in [3.8, 4) is 0 Å². The predicted molar refractivity (Wildman–Crippen MR) is 67.7 cm³/mol. The molecule has 104 valence electrons. The van der Waals surface area contributed by atoms with Crippen LogP contribution in [-0.2, 0) is 4.74 Å². The Morgan fingerprint density at radius 2 is 2.00 bits per heavy atom. The summed E-state index contributed by atoms with van der Waals surface area (Å²) in [7, 11) is 0. The highest BCUT2D eigenvalue weighted by Gasteiger charge is 2.27. The van der Waals surface area contributed by atoms with Gasteiger partial charge >= 0.3 is 6.09 Å². The van der Waals surface area contributed by atoms with Crippen LogP contribution in [0.2, 0.25) is 0 Å². The Balaban J connectivity index is 2.50. The van der Waals surface area contributed by atoms with E-state index in [1.165, 1.54) is 0 Å². The molecule has 1 aliphatic rings. The lowest BCUT2D eigenvalue weighted by atomic mass is 10.1. The summed E-state index contributed by atoms with van der Waals surface area (Å²) in [5.74, 6) is 0.224. The first-order valence-electron chi connectivity index (χ1n) is 6.27. The minimum Gasteiger partial charge on any atom is -0.450 e. The van der Waals surface area contributed by atoms with Gasteiger partial charge in [0, 0.05) is 26.2 Å². The zero-order valence-corrected chi connectivity index (χ0v) is 11.0. The Labute approximate surface area is 107 Å². The first-order chi connectivity index (χ1) is 8.63. The van der Waals surface area contributed by atoms with Crippen molar-refractivity contribution >= 4 is 11.9 Å². The highest BCUT2D eigenvalue weighted by molar-refractivity contribution is 5.85.